The molecule has 0 saturated carbocycles. The highest BCUT2D eigenvalue weighted by atomic mass is 15.2. The van der Waals surface area contributed by atoms with E-state index in [0.717, 1.165) is 55.2 Å². The second-order valence-corrected chi connectivity index (χ2v) is 13.0. The van der Waals surface area contributed by atoms with Gasteiger partial charge in [-0.3, -0.25) is 4.57 Å². The second-order valence-electron chi connectivity index (χ2n) is 13.0. The van der Waals surface area contributed by atoms with Crippen molar-refractivity contribution in [2.24, 2.45) is 0 Å². The van der Waals surface area contributed by atoms with Gasteiger partial charge in [0, 0.05) is 38.4 Å². The fourth-order valence-corrected chi connectivity index (χ4v) is 7.42. The van der Waals surface area contributed by atoms with Crippen LogP contribution in [-0.2, 0) is 0 Å². The Morgan fingerprint density at radius 2 is 0.804 bits per heavy atom. The number of hydrogen-bond donors (Lipinski definition) is 0. The Bertz CT molecular complexity index is 2890. The summed E-state index contributed by atoms with van der Waals surface area (Å²) in [7, 11) is 0. The van der Waals surface area contributed by atoms with Crippen molar-refractivity contribution >= 4 is 43.6 Å². The van der Waals surface area contributed by atoms with Crippen LogP contribution in [0.3, 0.4) is 0 Å². The van der Waals surface area contributed by atoms with Crippen LogP contribution in [0.25, 0.3) is 89.2 Å². The molecule has 10 aromatic rings. The Hall–Kier alpha value is -6.85. The molecule has 0 atom stereocenters. The van der Waals surface area contributed by atoms with E-state index in [0.29, 0.717) is 17.6 Å². The van der Waals surface area contributed by atoms with Gasteiger partial charge in [-0.2, -0.15) is 9.97 Å². The first-order chi connectivity index (χ1) is 25.2. The lowest BCUT2D eigenvalue weighted by Gasteiger charge is -2.13. The highest BCUT2D eigenvalue weighted by Crippen LogP contribution is 2.41. The molecule has 0 aliphatic heterocycles. The number of aryl methyl sites for hydroxylation is 1. The molecule has 0 bridgehead atoms. The Labute approximate surface area is 294 Å². The minimum Gasteiger partial charge on any atom is -0.307 e. The fourth-order valence-electron chi connectivity index (χ4n) is 7.42. The zero-order valence-electron chi connectivity index (χ0n) is 27.9. The molecule has 240 valence electrons. The van der Waals surface area contributed by atoms with Gasteiger partial charge in [0.15, 0.2) is 11.6 Å². The third-order valence-corrected chi connectivity index (χ3v) is 9.87. The van der Waals surface area contributed by atoms with Crippen molar-refractivity contribution in [1.29, 1.82) is 0 Å². The molecule has 0 spiro atoms. The summed E-state index contributed by atoms with van der Waals surface area (Å²) in [6.45, 7) is 2.11. The summed E-state index contributed by atoms with van der Waals surface area (Å²) >= 11 is 0. The van der Waals surface area contributed by atoms with Crippen LogP contribution in [0.15, 0.2) is 170 Å². The molecule has 10 rings (SSSR count). The Morgan fingerprint density at radius 3 is 1.41 bits per heavy atom. The first-order valence-electron chi connectivity index (χ1n) is 17.2. The van der Waals surface area contributed by atoms with Crippen molar-refractivity contribution in [2.75, 3.05) is 0 Å². The van der Waals surface area contributed by atoms with E-state index in [4.69, 9.17) is 15.0 Å². The van der Waals surface area contributed by atoms with Gasteiger partial charge in [-0.1, -0.05) is 151 Å². The molecule has 0 unspecified atom stereocenters. The summed E-state index contributed by atoms with van der Waals surface area (Å²) in [6, 6.07) is 59.6. The number of fused-ring (bicyclic) bond motifs is 7. The number of hydrogen-bond acceptors (Lipinski definition) is 3. The van der Waals surface area contributed by atoms with Crippen molar-refractivity contribution in [3.8, 4) is 45.5 Å². The predicted molar refractivity (Wildman–Crippen MR) is 210 cm³/mol. The lowest BCUT2D eigenvalue weighted by molar-refractivity contribution is 0.953. The van der Waals surface area contributed by atoms with Crippen molar-refractivity contribution in [1.82, 2.24) is 24.1 Å². The van der Waals surface area contributed by atoms with Gasteiger partial charge in [-0.05, 0) is 42.3 Å². The maximum absolute atomic E-state index is 5.28. The van der Waals surface area contributed by atoms with Gasteiger partial charge in [-0.15, -0.1) is 0 Å². The smallest absolute Gasteiger partial charge is 0.238 e. The number of aromatic nitrogens is 5. The van der Waals surface area contributed by atoms with Gasteiger partial charge in [0.25, 0.3) is 0 Å². The molecule has 0 amide bonds. The first-order valence-corrected chi connectivity index (χ1v) is 17.2. The molecule has 7 aromatic carbocycles. The van der Waals surface area contributed by atoms with E-state index in [1.54, 1.807) is 0 Å². The van der Waals surface area contributed by atoms with Crippen LogP contribution in [0, 0.1) is 6.92 Å². The lowest BCUT2D eigenvalue weighted by atomic mass is 10.0. The van der Waals surface area contributed by atoms with E-state index in [2.05, 4.69) is 168 Å². The van der Waals surface area contributed by atoms with Crippen LogP contribution in [0.1, 0.15) is 5.56 Å². The van der Waals surface area contributed by atoms with Crippen LogP contribution < -0.4 is 0 Å². The van der Waals surface area contributed by atoms with Crippen LogP contribution in [0.5, 0.6) is 0 Å². The molecule has 0 N–H and O–H groups in total. The molecule has 0 aliphatic carbocycles. The van der Waals surface area contributed by atoms with E-state index < -0.39 is 0 Å². The Morgan fingerprint density at radius 1 is 0.353 bits per heavy atom. The minimum atomic E-state index is 0.574. The van der Waals surface area contributed by atoms with Crippen molar-refractivity contribution in [3.05, 3.63) is 175 Å². The van der Waals surface area contributed by atoms with Crippen LogP contribution in [-0.4, -0.2) is 24.1 Å². The quantitative estimate of drug-likeness (QED) is 0.186. The maximum atomic E-state index is 5.28. The summed E-state index contributed by atoms with van der Waals surface area (Å²) < 4.78 is 4.62. The molecular formula is C46H31N5. The van der Waals surface area contributed by atoms with Crippen molar-refractivity contribution in [2.45, 2.75) is 6.92 Å². The summed E-state index contributed by atoms with van der Waals surface area (Å²) in [5.74, 6) is 1.82. The van der Waals surface area contributed by atoms with Gasteiger partial charge in [0.2, 0.25) is 5.95 Å². The molecule has 51 heavy (non-hydrogen) atoms. The number of benzene rings is 7. The normalized spacial score (nSPS) is 11.6. The number of para-hydroxylation sites is 3. The molecule has 5 heteroatoms. The van der Waals surface area contributed by atoms with E-state index in [1.807, 2.05) is 18.2 Å². The molecule has 0 fully saturated rings. The third kappa shape index (κ3) is 4.74. The number of nitrogens with zero attached hydrogens (tertiary/aromatic N) is 5. The molecule has 0 aliphatic rings. The largest absolute Gasteiger partial charge is 0.307 e. The maximum Gasteiger partial charge on any atom is 0.238 e. The first kappa shape index (κ1) is 29.1. The third-order valence-electron chi connectivity index (χ3n) is 9.87. The Balaban J connectivity index is 1.29. The minimum absolute atomic E-state index is 0.574. The number of rotatable bonds is 5. The summed E-state index contributed by atoms with van der Waals surface area (Å²) in [5, 5.41) is 4.66. The highest BCUT2D eigenvalue weighted by molar-refractivity contribution is 6.23. The summed E-state index contributed by atoms with van der Waals surface area (Å²) in [4.78, 5) is 15.6. The second kappa shape index (κ2) is 11.6. The average molecular weight is 654 g/mol. The zero-order valence-corrected chi connectivity index (χ0v) is 27.9. The van der Waals surface area contributed by atoms with Crippen LogP contribution in [0.4, 0.5) is 0 Å². The van der Waals surface area contributed by atoms with E-state index >= 15 is 0 Å². The molecular weight excluding hydrogens is 623 g/mol. The van der Waals surface area contributed by atoms with Gasteiger partial charge in [0.05, 0.1) is 22.1 Å². The van der Waals surface area contributed by atoms with E-state index in [-0.39, 0.29) is 0 Å². The van der Waals surface area contributed by atoms with Crippen molar-refractivity contribution < 1.29 is 0 Å². The van der Waals surface area contributed by atoms with Gasteiger partial charge in [0.1, 0.15) is 0 Å². The van der Waals surface area contributed by atoms with Crippen LogP contribution >= 0.6 is 0 Å². The molecule has 3 aromatic heterocycles. The van der Waals surface area contributed by atoms with E-state index in [1.165, 1.54) is 21.9 Å². The molecule has 0 saturated heterocycles. The SMILES string of the molecule is Cc1ccc(-c2ccc(-c3nc(-c4ccccc4)nc(-n4c5ccccc5c5ccc6c7ccccc7n(-c7ccccc7)c6c54)n3)cc2)cc1. The zero-order chi connectivity index (χ0) is 33.9. The van der Waals surface area contributed by atoms with Crippen molar-refractivity contribution in [3.63, 3.8) is 0 Å². The Kier molecular flexibility index (Phi) is 6.64. The summed E-state index contributed by atoms with van der Waals surface area (Å²) in [5.41, 5.74) is 10.9. The topological polar surface area (TPSA) is 48.5 Å². The van der Waals surface area contributed by atoms with Gasteiger partial charge < -0.3 is 4.57 Å². The monoisotopic (exact) mass is 653 g/mol. The van der Waals surface area contributed by atoms with Gasteiger partial charge >= 0.3 is 0 Å². The van der Waals surface area contributed by atoms with Crippen LogP contribution in [0.2, 0.25) is 0 Å². The molecule has 0 radical (unpaired) electrons. The predicted octanol–water partition coefficient (Wildman–Crippen LogP) is 11.4. The molecule has 3 heterocycles. The average Bonchev–Trinajstić information content (AvgIpc) is 3.72. The molecule has 5 nitrogen and oxygen atoms in total. The van der Waals surface area contributed by atoms with Gasteiger partial charge in [-0.25, -0.2) is 4.98 Å². The van der Waals surface area contributed by atoms with E-state index in [9.17, 15) is 0 Å². The lowest BCUT2D eigenvalue weighted by Crippen LogP contribution is -2.07. The standard InChI is InChI=1S/C46H31N5/c1-30-20-22-31(23-21-30)32-24-26-34(27-25-32)45-47-44(33-12-4-2-5-13-33)48-46(49-45)51-41-19-11-9-17-37(41)39-29-28-38-36-16-8-10-18-40(36)50(42(38)43(39)51)35-14-6-3-7-15-35/h2-29H,1H3. The highest BCUT2D eigenvalue weighted by Gasteiger charge is 2.23. The summed E-state index contributed by atoms with van der Waals surface area (Å²) in [6.07, 6.45) is 0. The fraction of sp³-hybridized carbons (Fsp3) is 0.0217.